The summed E-state index contributed by atoms with van der Waals surface area (Å²) in [7, 11) is -2.35. The van der Waals surface area contributed by atoms with E-state index in [4.69, 9.17) is 11.6 Å². The van der Waals surface area contributed by atoms with Crippen molar-refractivity contribution in [1.82, 2.24) is 9.29 Å². The van der Waals surface area contributed by atoms with Gasteiger partial charge in [-0.1, -0.05) is 17.7 Å². The Hall–Kier alpha value is -1.50. The molecule has 1 heterocycles. The fourth-order valence-electron chi connectivity index (χ4n) is 1.69. The predicted octanol–water partition coefficient (Wildman–Crippen LogP) is 2.69. The number of hydrogen-bond donors (Lipinski definition) is 0. The molecule has 0 unspecified atom stereocenters. The van der Waals surface area contributed by atoms with Gasteiger partial charge in [0.25, 0.3) is 0 Å². The Kier molecular flexibility index (Phi) is 4.37. The van der Waals surface area contributed by atoms with E-state index in [-0.39, 0.29) is 16.5 Å². The summed E-state index contributed by atoms with van der Waals surface area (Å²) in [5, 5.41) is -0.136. The van der Waals surface area contributed by atoms with Gasteiger partial charge in [-0.2, -0.15) is 4.31 Å². The SMILES string of the molecule is CN(Cc1cccnc1)S(=O)(=O)c1ccc(F)cc1Cl. The topological polar surface area (TPSA) is 50.3 Å². The number of pyridine rings is 1. The molecule has 0 saturated heterocycles. The lowest BCUT2D eigenvalue weighted by Crippen LogP contribution is -2.26. The van der Waals surface area contributed by atoms with E-state index in [0.29, 0.717) is 0 Å². The third-order valence-corrected chi connectivity index (χ3v) is 5.00. The molecule has 0 radical (unpaired) electrons. The quantitative estimate of drug-likeness (QED) is 0.872. The number of halogens is 2. The Labute approximate surface area is 121 Å². The predicted molar refractivity (Wildman–Crippen MR) is 74.3 cm³/mol. The molecule has 0 aliphatic heterocycles. The maximum atomic E-state index is 13.0. The minimum Gasteiger partial charge on any atom is -0.264 e. The van der Waals surface area contributed by atoms with E-state index in [1.54, 1.807) is 24.5 Å². The average Bonchev–Trinajstić information content (AvgIpc) is 2.39. The summed E-state index contributed by atoms with van der Waals surface area (Å²) in [4.78, 5) is 3.81. The standard InChI is InChI=1S/C13H12ClFN2O2S/c1-17(9-10-3-2-6-16-8-10)20(18,19)13-5-4-11(15)7-12(13)14/h2-8H,9H2,1H3. The smallest absolute Gasteiger partial charge is 0.244 e. The molecule has 0 bridgehead atoms. The van der Waals surface area contributed by atoms with Crippen LogP contribution in [-0.4, -0.2) is 24.8 Å². The third kappa shape index (κ3) is 3.15. The average molecular weight is 315 g/mol. The van der Waals surface area contributed by atoms with Crippen molar-refractivity contribution in [3.8, 4) is 0 Å². The Morgan fingerprint density at radius 2 is 2.10 bits per heavy atom. The van der Waals surface area contributed by atoms with E-state index < -0.39 is 15.8 Å². The lowest BCUT2D eigenvalue weighted by Gasteiger charge is -2.17. The molecule has 2 rings (SSSR count). The molecule has 0 saturated carbocycles. The molecular weight excluding hydrogens is 303 g/mol. The van der Waals surface area contributed by atoms with Crippen LogP contribution in [0.15, 0.2) is 47.6 Å². The zero-order valence-corrected chi connectivity index (χ0v) is 12.2. The highest BCUT2D eigenvalue weighted by atomic mass is 35.5. The lowest BCUT2D eigenvalue weighted by molar-refractivity contribution is 0.466. The lowest BCUT2D eigenvalue weighted by atomic mass is 10.3. The van der Waals surface area contributed by atoms with Crippen molar-refractivity contribution >= 4 is 21.6 Å². The van der Waals surface area contributed by atoms with E-state index in [9.17, 15) is 12.8 Å². The third-order valence-electron chi connectivity index (χ3n) is 2.71. The fraction of sp³-hybridized carbons (Fsp3) is 0.154. The van der Waals surface area contributed by atoms with E-state index in [2.05, 4.69) is 4.98 Å². The van der Waals surface area contributed by atoms with Gasteiger partial charge in [-0.25, -0.2) is 12.8 Å². The van der Waals surface area contributed by atoms with Crippen LogP contribution in [0.1, 0.15) is 5.56 Å². The fourth-order valence-corrected chi connectivity index (χ4v) is 3.35. The Morgan fingerprint density at radius 3 is 2.70 bits per heavy atom. The van der Waals surface area contributed by atoms with E-state index in [1.807, 2.05) is 0 Å². The minimum absolute atomic E-state index is 0.119. The number of nitrogens with zero attached hydrogens (tertiary/aromatic N) is 2. The van der Waals surface area contributed by atoms with Crippen LogP contribution in [0.3, 0.4) is 0 Å². The van der Waals surface area contributed by atoms with Gasteiger partial charge < -0.3 is 0 Å². The summed E-state index contributed by atoms with van der Waals surface area (Å²) in [6.07, 6.45) is 3.19. The summed E-state index contributed by atoms with van der Waals surface area (Å²) >= 11 is 5.80. The number of hydrogen-bond acceptors (Lipinski definition) is 3. The number of rotatable bonds is 4. The molecule has 106 valence electrons. The molecule has 0 aliphatic rings. The second kappa shape index (κ2) is 5.87. The summed E-state index contributed by atoms with van der Waals surface area (Å²) < 4.78 is 38.9. The van der Waals surface area contributed by atoms with Crippen LogP contribution < -0.4 is 0 Å². The molecule has 1 aromatic heterocycles. The van der Waals surface area contributed by atoms with Gasteiger partial charge in [0, 0.05) is 26.0 Å². The van der Waals surface area contributed by atoms with Gasteiger partial charge in [0.2, 0.25) is 10.0 Å². The molecule has 1 aromatic carbocycles. The molecular formula is C13H12ClFN2O2S. The first-order valence-corrected chi connectivity index (χ1v) is 7.53. The Morgan fingerprint density at radius 1 is 1.35 bits per heavy atom. The Balaban J connectivity index is 2.30. The van der Waals surface area contributed by atoms with Crippen LogP contribution >= 0.6 is 11.6 Å². The van der Waals surface area contributed by atoms with E-state index in [0.717, 1.165) is 28.1 Å². The molecule has 20 heavy (non-hydrogen) atoms. The molecule has 2 aromatic rings. The van der Waals surface area contributed by atoms with Gasteiger partial charge in [-0.15, -0.1) is 0 Å². The van der Waals surface area contributed by atoms with Crippen molar-refractivity contribution in [2.75, 3.05) is 7.05 Å². The first kappa shape index (κ1) is 14.9. The second-order valence-electron chi connectivity index (χ2n) is 4.20. The number of sulfonamides is 1. The van der Waals surface area contributed by atoms with Gasteiger partial charge in [0.05, 0.1) is 5.02 Å². The maximum Gasteiger partial charge on any atom is 0.244 e. The van der Waals surface area contributed by atoms with Crippen LogP contribution in [0.5, 0.6) is 0 Å². The van der Waals surface area contributed by atoms with Crippen LogP contribution in [0.4, 0.5) is 4.39 Å². The molecule has 0 amide bonds. The highest BCUT2D eigenvalue weighted by Gasteiger charge is 2.23. The summed E-state index contributed by atoms with van der Waals surface area (Å²) in [6, 6.07) is 6.70. The molecule has 0 N–H and O–H groups in total. The van der Waals surface area contributed by atoms with Crippen LogP contribution in [-0.2, 0) is 16.6 Å². The van der Waals surface area contributed by atoms with Crippen molar-refractivity contribution in [2.24, 2.45) is 0 Å². The molecule has 0 atom stereocenters. The van der Waals surface area contributed by atoms with Crippen LogP contribution in [0.25, 0.3) is 0 Å². The summed E-state index contributed by atoms with van der Waals surface area (Å²) in [5.41, 5.74) is 0.747. The van der Waals surface area contributed by atoms with Crippen molar-refractivity contribution in [2.45, 2.75) is 11.4 Å². The van der Waals surface area contributed by atoms with Gasteiger partial charge in [0.15, 0.2) is 0 Å². The summed E-state index contributed by atoms with van der Waals surface area (Å²) in [6.45, 7) is 0.157. The number of benzene rings is 1. The molecule has 4 nitrogen and oxygen atoms in total. The maximum absolute atomic E-state index is 13.0. The molecule has 7 heteroatoms. The van der Waals surface area contributed by atoms with Gasteiger partial charge in [0.1, 0.15) is 10.7 Å². The first-order valence-electron chi connectivity index (χ1n) is 5.71. The minimum atomic E-state index is -3.78. The normalized spacial score (nSPS) is 11.8. The van der Waals surface area contributed by atoms with Crippen molar-refractivity contribution in [1.29, 1.82) is 0 Å². The zero-order chi connectivity index (χ0) is 14.8. The van der Waals surface area contributed by atoms with Gasteiger partial charge in [-0.3, -0.25) is 4.98 Å². The molecule has 0 spiro atoms. The van der Waals surface area contributed by atoms with E-state index in [1.165, 1.54) is 7.05 Å². The van der Waals surface area contributed by atoms with Crippen molar-refractivity contribution in [3.63, 3.8) is 0 Å². The Bertz CT molecular complexity index is 708. The van der Waals surface area contributed by atoms with Gasteiger partial charge in [-0.05, 0) is 29.8 Å². The first-order chi connectivity index (χ1) is 9.41. The van der Waals surface area contributed by atoms with E-state index >= 15 is 0 Å². The molecule has 0 aliphatic carbocycles. The van der Waals surface area contributed by atoms with Gasteiger partial charge >= 0.3 is 0 Å². The van der Waals surface area contributed by atoms with Crippen molar-refractivity contribution < 1.29 is 12.8 Å². The van der Waals surface area contributed by atoms with Crippen LogP contribution in [0, 0.1) is 5.82 Å². The monoisotopic (exact) mass is 314 g/mol. The number of aromatic nitrogens is 1. The highest BCUT2D eigenvalue weighted by molar-refractivity contribution is 7.89. The summed E-state index contributed by atoms with van der Waals surface area (Å²) in [5.74, 6) is -0.580. The van der Waals surface area contributed by atoms with Crippen molar-refractivity contribution in [3.05, 3.63) is 59.1 Å². The highest BCUT2D eigenvalue weighted by Crippen LogP contribution is 2.25. The van der Waals surface area contributed by atoms with Crippen LogP contribution in [0.2, 0.25) is 5.02 Å². The zero-order valence-electron chi connectivity index (χ0n) is 10.6. The largest absolute Gasteiger partial charge is 0.264 e. The molecule has 0 fully saturated rings. The second-order valence-corrected chi connectivity index (χ2v) is 6.62.